The average Bonchev–Trinajstić information content (AvgIpc) is 2.71. The van der Waals surface area contributed by atoms with E-state index in [0.717, 1.165) is 5.56 Å². The smallest absolute Gasteiger partial charge is 0.261 e. The third-order valence-electron chi connectivity index (χ3n) is 4.64. The molecule has 2 amide bonds. The van der Waals surface area contributed by atoms with Gasteiger partial charge in [0.25, 0.3) is 5.91 Å². The van der Waals surface area contributed by atoms with Gasteiger partial charge in [0.1, 0.15) is 17.6 Å². The number of carbonyl (C=O) groups is 2. The molecule has 2 rings (SSSR count). The van der Waals surface area contributed by atoms with Crippen molar-refractivity contribution in [3.05, 3.63) is 64.4 Å². The fraction of sp³-hybridized carbons (Fsp3) is 0.391. The number of rotatable bonds is 9. The summed E-state index contributed by atoms with van der Waals surface area (Å²) in [5, 5.41) is 3.43. The van der Waals surface area contributed by atoms with Crippen molar-refractivity contribution in [3.8, 4) is 5.75 Å². The zero-order chi connectivity index (χ0) is 22.3. The van der Waals surface area contributed by atoms with Crippen molar-refractivity contribution >= 4 is 23.4 Å². The number of benzene rings is 2. The molecule has 0 bridgehead atoms. The molecular formula is C23H28ClFN2O3. The van der Waals surface area contributed by atoms with Crippen LogP contribution in [0.3, 0.4) is 0 Å². The van der Waals surface area contributed by atoms with E-state index in [2.05, 4.69) is 5.32 Å². The Kier molecular flexibility index (Phi) is 8.66. The second-order valence-electron chi connectivity index (χ2n) is 7.63. The summed E-state index contributed by atoms with van der Waals surface area (Å²) in [5.74, 6) is -0.380. The Bertz CT molecular complexity index is 889. The number of aryl methyl sites for hydroxylation is 1. The molecule has 7 heteroatoms. The van der Waals surface area contributed by atoms with E-state index in [1.54, 1.807) is 43.3 Å². The average molecular weight is 435 g/mol. The molecule has 0 aliphatic carbocycles. The van der Waals surface area contributed by atoms with Gasteiger partial charge in [-0.05, 0) is 49.6 Å². The van der Waals surface area contributed by atoms with Crippen LogP contribution in [0.2, 0.25) is 5.02 Å². The highest BCUT2D eigenvalue weighted by Gasteiger charge is 2.27. The molecule has 2 aromatic rings. The van der Waals surface area contributed by atoms with Gasteiger partial charge in [-0.25, -0.2) is 4.39 Å². The van der Waals surface area contributed by atoms with Crippen LogP contribution in [0.1, 0.15) is 31.9 Å². The topological polar surface area (TPSA) is 58.6 Å². The maximum Gasteiger partial charge on any atom is 0.261 e. The van der Waals surface area contributed by atoms with Crippen molar-refractivity contribution in [1.29, 1.82) is 0 Å². The first kappa shape index (κ1) is 23.7. The minimum Gasteiger partial charge on any atom is -0.484 e. The van der Waals surface area contributed by atoms with Gasteiger partial charge in [-0.2, -0.15) is 0 Å². The van der Waals surface area contributed by atoms with Gasteiger partial charge in [0.05, 0.1) is 0 Å². The third-order valence-corrected chi connectivity index (χ3v) is 5.07. The summed E-state index contributed by atoms with van der Waals surface area (Å²) < 4.78 is 19.8. The second kappa shape index (κ2) is 11.0. The van der Waals surface area contributed by atoms with Crippen molar-refractivity contribution in [2.75, 3.05) is 13.2 Å². The molecule has 0 heterocycles. The fourth-order valence-corrected chi connectivity index (χ4v) is 2.90. The molecule has 30 heavy (non-hydrogen) atoms. The van der Waals surface area contributed by atoms with E-state index < -0.39 is 17.8 Å². The van der Waals surface area contributed by atoms with Crippen molar-refractivity contribution < 1.29 is 18.7 Å². The quantitative estimate of drug-likeness (QED) is 0.638. The van der Waals surface area contributed by atoms with Crippen LogP contribution in [0.5, 0.6) is 5.75 Å². The first-order chi connectivity index (χ1) is 14.2. The Labute approximate surface area is 182 Å². The van der Waals surface area contributed by atoms with Crippen LogP contribution in [0.25, 0.3) is 0 Å². The third kappa shape index (κ3) is 6.73. The van der Waals surface area contributed by atoms with Gasteiger partial charge in [-0.15, -0.1) is 0 Å². The highest BCUT2D eigenvalue weighted by atomic mass is 35.5. The first-order valence-corrected chi connectivity index (χ1v) is 10.3. The van der Waals surface area contributed by atoms with Crippen LogP contribution in [0.15, 0.2) is 42.5 Å². The summed E-state index contributed by atoms with van der Waals surface area (Å²) in [5.41, 5.74) is 1.16. The molecule has 0 aliphatic heterocycles. The van der Waals surface area contributed by atoms with Gasteiger partial charge in [0, 0.05) is 23.7 Å². The maximum absolute atomic E-state index is 14.2. The van der Waals surface area contributed by atoms with E-state index >= 15 is 0 Å². The van der Waals surface area contributed by atoms with Crippen molar-refractivity contribution in [2.24, 2.45) is 5.92 Å². The number of halogens is 2. The Hall–Kier alpha value is -2.60. The lowest BCUT2D eigenvalue weighted by Gasteiger charge is -2.29. The van der Waals surface area contributed by atoms with Crippen molar-refractivity contribution in [3.63, 3.8) is 0 Å². The molecule has 1 N–H and O–H groups in total. The fourth-order valence-electron chi connectivity index (χ4n) is 2.78. The van der Waals surface area contributed by atoms with Gasteiger partial charge in [0.2, 0.25) is 5.91 Å². The lowest BCUT2D eigenvalue weighted by molar-refractivity contribution is -0.142. The van der Waals surface area contributed by atoms with Crippen LogP contribution in [-0.2, 0) is 16.1 Å². The second-order valence-corrected chi connectivity index (χ2v) is 8.03. The Morgan fingerprint density at radius 3 is 2.50 bits per heavy atom. The molecule has 0 aliphatic rings. The van der Waals surface area contributed by atoms with Gasteiger partial charge in [0.15, 0.2) is 6.61 Å². The van der Waals surface area contributed by atoms with Crippen LogP contribution < -0.4 is 10.1 Å². The lowest BCUT2D eigenvalue weighted by atomic mass is 10.1. The number of carbonyl (C=O) groups excluding carboxylic acids is 2. The number of amides is 2. The van der Waals surface area contributed by atoms with Crippen LogP contribution in [-0.4, -0.2) is 35.9 Å². The summed E-state index contributed by atoms with van der Waals surface area (Å²) in [4.78, 5) is 26.8. The largest absolute Gasteiger partial charge is 0.484 e. The zero-order valence-electron chi connectivity index (χ0n) is 17.7. The molecule has 0 unspecified atom stereocenters. The standard InChI is InChI=1S/C23H28ClFN2O3/c1-15(2)12-26-23(29)17(4)27(13-18-7-5-6-8-21(18)25)22(28)14-30-19-9-10-20(24)16(3)11-19/h5-11,15,17H,12-14H2,1-4H3,(H,26,29)/t17-/m1/s1. The number of nitrogens with one attached hydrogen (secondary N) is 1. The number of hydrogen-bond acceptors (Lipinski definition) is 3. The zero-order valence-corrected chi connectivity index (χ0v) is 18.5. The molecule has 0 spiro atoms. The Balaban J connectivity index is 2.16. The van der Waals surface area contributed by atoms with E-state index in [1.807, 2.05) is 20.8 Å². The molecule has 5 nitrogen and oxygen atoms in total. The molecular weight excluding hydrogens is 407 g/mol. The predicted molar refractivity (Wildman–Crippen MR) is 116 cm³/mol. The number of ether oxygens (including phenoxy) is 1. The molecule has 162 valence electrons. The van der Waals surface area contributed by atoms with Crippen molar-refractivity contribution in [1.82, 2.24) is 10.2 Å². The summed E-state index contributed by atoms with van der Waals surface area (Å²) in [7, 11) is 0. The van der Waals surface area contributed by atoms with E-state index in [9.17, 15) is 14.0 Å². The van der Waals surface area contributed by atoms with Gasteiger partial charge >= 0.3 is 0 Å². The first-order valence-electron chi connectivity index (χ1n) is 9.88. The minimum absolute atomic E-state index is 0.0369. The predicted octanol–water partition coefficient (Wildman–Crippen LogP) is 4.36. The van der Waals surface area contributed by atoms with Gasteiger partial charge in [-0.1, -0.05) is 43.6 Å². The molecule has 0 fully saturated rings. The van der Waals surface area contributed by atoms with Crippen LogP contribution in [0.4, 0.5) is 4.39 Å². The van der Waals surface area contributed by atoms with E-state index in [4.69, 9.17) is 16.3 Å². The number of nitrogens with zero attached hydrogens (tertiary/aromatic N) is 1. The molecule has 1 atom stereocenters. The molecule has 0 saturated carbocycles. The van der Waals surface area contributed by atoms with Gasteiger partial charge < -0.3 is 15.0 Å². The molecule has 0 radical (unpaired) electrons. The lowest BCUT2D eigenvalue weighted by Crippen LogP contribution is -2.49. The maximum atomic E-state index is 14.2. The van der Waals surface area contributed by atoms with Gasteiger partial charge in [-0.3, -0.25) is 9.59 Å². The van der Waals surface area contributed by atoms with E-state index in [1.165, 1.54) is 11.0 Å². The van der Waals surface area contributed by atoms with E-state index in [0.29, 0.717) is 22.9 Å². The summed E-state index contributed by atoms with van der Waals surface area (Å²) >= 11 is 6.02. The molecule has 2 aromatic carbocycles. The Morgan fingerprint density at radius 1 is 1.17 bits per heavy atom. The highest BCUT2D eigenvalue weighted by molar-refractivity contribution is 6.31. The summed E-state index contributed by atoms with van der Waals surface area (Å²) in [6.07, 6.45) is 0. The summed E-state index contributed by atoms with van der Waals surface area (Å²) in [6.45, 7) is 7.60. The van der Waals surface area contributed by atoms with E-state index in [-0.39, 0.29) is 25.0 Å². The number of hydrogen-bond donors (Lipinski definition) is 1. The SMILES string of the molecule is Cc1cc(OCC(=O)N(Cc2ccccc2F)[C@H](C)C(=O)NCC(C)C)ccc1Cl. The minimum atomic E-state index is -0.786. The Morgan fingerprint density at radius 2 is 1.87 bits per heavy atom. The molecule has 0 aromatic heterocycles. The normalized spacial score (nSPS) is 11.8. The van der Waals surface area contributed by atoms with Crippen molar-refractivity contribution in [2.45, 2.75) is 40.3 Å². The monoisotopic (exact) mass is 434 g/mol. The molecule has 0 saturated heterocycles. The highest BCUT2D eigenvalue weighted by Crippen LogP contribution is 2.21. The van der Waals surface area contributed by atoms with Crippen LogP contribution in [0, 0.1) is 18.7 Å². The summed E-state index contributed by atoms with van der Waals surface area (Å²) in [6, 6.07) is 10.5. The van der Waals surface area contributed by atoms with Crippen LogP contribution >= 0.6 is 11.6 Å².